The summed E-state index contributed by atoms with van der Waals surface area (Å²) in [7, 11) is 0. The number of carbonyl (C=O) groups excluding carboxylic acids is 1. The molecular formula is C28H36FN5O4. The molecule has 1 aromatic heterocycles. The number of β-amino-alcohol motifs (C(OH)–C–C–N with tert-alkyl or cyclic N) is 1. The summed E-state index contributed by atoms with van der Waals surface area (Å²) in [5.41, 5.74) is 7.76. The van der Waals surface area contributed by atoms with Gasteiger partial charge in [0.05, 0.1) is 37.5 Å². The summed E-state index contributed by atoms with van der Waals surface area (Å²) in [5, 5.41) is 10.7. The van der Waals surface area contributed by atoms with Crippen LogP contribution in [0.3, 0.4) is 0 Å². The molecule has 0 bridgehead atoms. The highest BCUT2D eigenvalue weighted by atomic mass is 19.1. The van der Waals surface area contributed by atoms with Crippen LogP contribution < -0.4 is 5.73 Å². The molecule has 0 aliphatic carbocycles. The zero-order valence-corrected chi connectivity index (χ0v) is 22.0. The highest BCUT2D eigenvalue weighted by Crippen LogP contribution is 2.39. The normalized spacial score (nSPS) is 17.8. The number of hydrogen-bond donors (Lipinski definition) is 2. The maximum atomic E-state index is 14.8. The van der Waals surface area contributed by atoms with Crippen molar-refractivity contribution in [2.24, 2.45) is 11.1 Å². The number of hydroxylamine groups is 2. The van der Waals surface area contributed by atoms with Gasteiger partial charge in [-0.1, -0.05) is 81.4 Å². The van der Waals surface area contributed by atoms with Crippen LogP contribution in [-0.4, -0.2) is 69.4 Å². The molecule has 4 rings (SSSR count). The van der Waals surface area contributed by atoms with E-state index in [9.17, 15) is 14.3 Å². The Morgan fingerprint density at radius 1 is 1.21 bits per heavy atom. The Balaban J connectivity index is 1.79. The smallest absolute Gasteiger partial charge is 0.389 e. The number of aliphatic hydroxyl groups excluding tert-OH is 1. The zero-order valence-electron chi connectivity index (χ0n) is 22.0. The fraction of sp³-hybridized carbons (Fsp3) is 0.429. The number of aromatic nitrogens is 2. The lowest BCUT2D eigenvalue weighted by Gasteiger charge is -2.39. The van der Waals surface area contributed by atoms with Gasteiger partial charge in [0.2, 0.25) is 0 Å². The first-order chi connectivity index (χ1) is 18.2. The predicted molar refractivity (Wildman–Crippen MR) is 141 cm³/mol. The summed E-state index contributed by atoms with van der Waals surface area (Å²) >= 11 is 0. The van der Waals surface area contributed by atoms with E-state index in [1.54, 1.807) is 0 Å². The monoisotopic (exact) mass is 525 g/mol. The van der Waals surface area contributed by atoms with Gasteiger partial charge in [0, 0.05) is 24.8 Å². The van der Waals surface area contributed by atoms with Crippen LogP contribution in [0.5, 0.6) is 0 Å². The van der Waals surface area contributed by atoms with Gasteiger partial charge in [0.25, 0.3) is 0 Å². The lowest BCUT2D eigenvalue weighted by molar-refractivity contribution is -0.308. The van der Waals surface area contributed by atoms with E-state index < -0.39 is 29.8 Å². The van der Waals surface area contributed by atoms with Crippen LogP contribution in [0.1, 0.15) is 38.2 Å². The van der Waals surface area contributed by atoms with Gasteiger partial charge in [-0.15, -0.1) is 0 Å². The Hall–Kier alpha value is -3.31. The molecule has 2 heterocycles. The quantitative estimate of drug-likeness (QED) is 0.436. The van der Waals surface area contributed by atoms with Crippen molar-refractivity contribution in [2.45, 2.75) is 45.6 Å². The van der Waals surface area contributed by atoms with Crippen molar-refractivity contribution in [1.29, 1.82) is 0 Å². The molecule has 1 fully saturated rings. The second-order valence-electron chi connectivity index (χ2n) is 10.5. The molecular weight excluding hydrogens is 489 g/mol. The molecule has 3 N–H and O–H groups in total. The van der Waals surface area contributed by atoms with Crippen molar-refractivity contribution >= 4 is 6.09 Å². The van der Waals surface area contributed by atoms with Gasteiger partial charge in [-0.3, -0.25) is 9.74 Å². The van der Waals surface area contributed by atoms with Crippen LogP contribution in [0.2, 0.25) is 0 Å². The van der Waals surface area contributed by atoms with Crippen LogP contribution in [-0.2, 0) is 16.2 Å². The molecule has 10 heteroatoms. The zero-order chi connectivity index (χ0) is 27.3. The third kappa shape index (κ3) is 6.76. The molecule has 0 saturated carbocycles. The van der Waals surface area contributed by atoms with Crippen molar-refractivity contribution in [1.82, 2.24) is 19.7 Å². The molecule has 1 amide bonds. The Kier molecular flexibility index (Phi) is 8.78. The number of aliphatic hydroxyl groups is 1. The SMILES string of the molecule is CC(C)(C)[C@H](c1nc(-c2ccccc2)cn1Cc1ccccc1)N(C[C@H](F)CN)C(=O)ON1C[C@@H](O)CO1. The Morgan fingerprint density at radius 2 is 1.87 bits per heavy atom. The lowest BCUT2D eigenvalue weighted by Crippen LogP contribution is -2.48. The van der Waals surface area contributed by atoms with Gasteiger partial charge < -0.3 is 20.2 Å². The number of carbonyl (C=O) groups is 1. The van der Waals surface area contributed by atoms with Gasteiger partial charge in [0.15, 0.2) is 0 Å². The molecule has 0 radical (unpaired) electrons. The fourth-order valence-electron chi connectivity index (χ4n) is 4.52. The van der Waals surface area contributed by atoms with Crippen LogP contribution >= 0.6 is 0 Å². The highest BCUT2D eigenvalue weighted by Gasteiger charge is 2.41. The summed E-state index contributed by atoms with van der Waals surface area (Å²) in [6.07, 6.45) is -1.13. The van der Waals surface area contributed by atoms with Crippen LogP contribution in [0.25, 0.3) is 11.3 Å². The summed E-state index contributed by atoms with van der Waals surface area (Å²) in [6.45, 7) is 5.85. The van der Waals surface area contributed by atoms with Crippen molar-refractivity contribution in [3.63, 3.8) is 0 Å². The summed E-state index contributed by atoms with van der Waals surface area (Å²) in [6, 6.07) is 19.0. The second-order valence-corrected chi connectivity index (χ2v) is 10.5. The third-order valence-electron chi connectivity index (χ3n) is 6.28. The van der Waals surface area contributed by atoms with E-state index in [-0.39, 0.29) is 26.2 Å². The lowest BCUT2D eigenvalue weighted by atomic mass is 9.84. The largest absolute Gasteiger partial charge is 0.431 e. The van der Waals surface area contributed by atoms with E-state index in [0.29, 0.717) is 12.4 Å². The molecule has 1 saturated heterocycles. The van der Waals surface area contributed by atoms with Crippen molar-refractivity contribution in [3.05, 3.63) is 78.2 Å². The van der Waals surface area contributed by atoms with Gasteiger partial charge in [-0.05, 0) is 16.2 Å². The standard InChI is InChI=1S/C28H36FN5O4/c1-28(2,3)25(33(16-22(29)14-30)27(36)38-34-17-23(35)19-37-34)26-31-24(21-12-8-5-9-13-21)18-32(26)15-20-10-6-4-7-11-20/h4-13,18,22-23,25,35H,14-17,19,30H2,1-3H3/t22-,23-,25+/m1/s1. The summed E-state index contributed by atoms with van der Waals surface area (Å²) < 4.78 is 16.8. The van der Waals surface area contributed by atoms with Crippen molar-refractivity contribution in [2.75, 3.05) is 26.2 Å². The van der Waals surface area contributed by atoms with Gasteiger partial charge >= 0.3 is 6.09 Å². The van der Waals surface area contributed by atoms with E-state index in [0.717, 1.165) is 22.0 Å². The molecule has 1 aliphatic rings. The first-order valence-electron chi connectivity index (χ1n) is 12.7. The van der Waals surface area contributed by atoms with Crippen molar-refractivity contribution in [3.8, 4) is 11.3 Å². The fourth-order valence-corrected chi connectivity index (χ4v) is 4.52. The molecule has 3 atom stereocenters. The van der Waals surface area contributed by atoms with E-state index in [1.165, 1.54) is 4.90 Å². The molecule has 9 nitrogen and oxygen atoms in total. The molecule has 1 aliphatic heterocycles. The minimum Gasteiger partial charge on any atom is -0.389 e. The second kappa shape index (κ2) is 12.0. The molecule has 2 aromatic carbocycles. The maximum absolute atomic E-state index is 14.8. The average molecular weight is 526 g/mol. The van der Waals surface area contributed by atoms with Gasteiger partial charge in [-0.25, -0.2) is 14.2 Å². The highest BCUT2D eigenvalue weighted by molar-refractivity contribution is 5.68. The molecule has 0 unspecified atom stereocenters. The van der Waals surface area contributed by atoms with Crippen LogP contribution in [0, 0.1) is 5.41 Å². The average Bonchev–Trinajstić information content (AvgIpc) is 3.49. The Morgan fingerprint density at radius 3 is 2.45 bits per heavy atom. The topological polar surface area (TPSA) is 106 Å². The van der Waals surface area contributed by atoms with Crippen molar-refractivity contribution < 1.29 is 24.0 Å². The summed E-state index contributed by atoms with van der Waals surface area (Å²) in [5.74, 6) is 0.587. The number of hydrogen-bond acceptors (Lipinski definition) is 7. The van der Waals surface area contributed by atoms with Crippen LogP contribution in [0.4, 0.5) is 9.18 Å². The number of alkyl halides is 1. The minimum atomic E-state index is -1.48. The molecule has 3 aromatic rings. The van der Waals surface area contributed by atoms with E-state index in [4.69, 9.17) is 20.4 Å². The van der Waals surface area contributed by atoms with Gasteiger partial charge in [0.1, 0.15) is 12.0 Å². The molecule has 0 spiro atoms. The van der Waals surface area contributed by atoms with Crippen LogP contribution in [0.15, 0.2) is 66.9 Å². The molecule has 38 heavy (non-hydrogen) atoms. The number of benzene rings is 2. The molecule has 204 valence electrons. The number of amides is 1. The Labute approximate surface area is 222 Å². The number of halogens is 1. The van der Waals surface area contributed by atoms with E-state index in [2.05, 4.69) is 0 Å². The Bertz CT molecular complexity index is 1180. The number of imidazole rings is 1. The van der Waals surface area contributed by atoms with E-state index >= 15 is 0 Å². The van der Waals surface area contributed by atoms with Gasteiger partial charge in [-0.2, -0.15) is 0 Å². The number of nitrogens with zero attached hydrogens (tertiary/aromatic N) is 4. The number of rotatable bonds is 9. The van der Waals surface area contributed by atoms with E-state index in [1.807, 2.05) is 92.2 Å². The number of nitrogens with two attached hydrogens (primary N) is 1. The summed E-state index contributed by atoms with van der Waals surface area (Å²) in [4.78, 5) is 30.5. The first kappa shape index (κ1) is 27.7. The predicted octanol–water partition coefficient (Wildman–Crippen LogP) is 3.94. The third-order valence-corrected chi connectivity index (χ3v) is 6.28. The minimum absolute atomic E-state index is 0.00348. The first-order valence-corrected chi connectivity index (χ1v) is 12.7. The maximum Gasteiger partial charge on any atom is 0.431 e.